The van der Waals surface area contributed by atoms with Crippen LogP contribution in [0.15, 0.2) is 53.3 Å². The molecule has 2 aromatic carbocycles. The predicted octanol–water partition coefficient (Wildman–Crippen LogP) is 4.66. The third-order valence-electron chi connectivity index (χ3n) is 3.80. The van der Waals surface area contributed by atoms with Crippen LogP contribution in [-0.2, 0) is 6.18 Å². The fourth-order valence-electron chi connectivity index (χ4n) is 2.56. The molecule has 0 aliphatic heterocycles. The zero-order valence-corrected chi connectivity index (χ0v) is 14.4. The Labute approximate surface area is 152 Å². The third kappa shape index (κ3) is 3.85. The second-order valence-corrected chi connectivity index (χ2v) is 6.11. The van der Waals surface area contributed by atoms with E-state index in [2.05, 4.69) is 15.6 Å². The molecule has 0 amide bonds. The summed E-state index contributed by atoms with van der Waals surface area (Å²) >= 11 is 5.23. The highest BCUT2D eigenvalue weighted by Crippen LogP contribution is 2.34. The van der Waals surface area contributed by atoms with Crippen LogP contribution in [0.2, 0.25) is 0 Å². The summed E-state index contributed by atoms with van der Waals surface area (Å²) in [6.07, 6.45) is -4.63. The highest BCUT2D eigenvalue weighted by Gasteiger charge is 2.33. The summed E-state index contributed by atoms with van der Waals surface area (Å²) in [5.41, 5.74) is 0.465. The van der Waals surface area contributed by atoms with Crippen molar-refractivity contribution in [1.82, 2.24) is 4.98 Å². The standard InChI is InChI=1S/C18H14F3N3OS/c1-10-4-2-3-5-14(10)24-17(26)22-11-6-7-15-12(8-11)13(18(19,20)21)9-16(25)23-15/h2-9H,1H3,(H,23,25)(H2,22,24,26). The first-order valence-corrected chi connectivity index (χ1v) is 8.03. The number of H-pyrrole nitrogens is 1. The van der Waals surface area contributed by atoms with Gasteiger partial charge >= 0.3 is 6.18 Å². The molecule has 0 saturated heterocycles. The molecule has 3 aromatic rings. The fourth-order valence-corrected chi connectivity index (χ4v) is 2.79. The van der Waals surface area contributed by atoms with Crippen LogP contribution in [0, 0.1) is 6.92 Å². The van der Waals surface area contributed by atoms with Gasteiger partial charge < -0.3 is 15.6 Å². The Kier molecular flexibility index (Phi) is 4.69. The average Bonchev–Trinajstić information content (AvgIpc) is 2.55. The van der Waals surface area contributed by atoms with Crippen LogP contribution in [0.25, 0.3) is 10.9 Å². The van der Waals surface area contributed by atoms with Gasteiger partial charge in [-0.2, -0.15) is 13.2 Å². The molecule has 3 N–H and O–H groups in total. The van der Waals surface area contributed by atoms with Crippen molar-refractivity contribution in [2.45, 2.75) is 13.1 Å². The number of alkyl halides is 3. The molecule has 4 nitrogen and oxygen atoms in total. The van der Waals surface area contributed by atoms with Crippen molar-refractivity contribution in [3.05, 3.63) is 70.0 Å². The van der Waals surface area contributed by atoms with E-state index in [9.17, 15) is 18.0 Å². The summed E-state index contributed by atoms with van der Waals surface area (Å²) in [5, 5.41) is 6.00. The van der Waals surface area contributed by atoms with E-state index < -0.39 is 17.3 Å². The van der Waals surface area contributed by atoms with Crippen LogP contribution in [0.3, 0.4) is 0 Å². The summed E-state index contributed by atoms with van der Waals surface area (Å²) in [4.78, 5) is 13.8. The molecule has 0 fully saturated rings. The molecular formula is C18H14F3N3OS. The highest BCUT2D eigenvalue weighted by molar-refractivity contribution is 7.80. The molecule has 26 heavy (non-hydrogen) atoms. The normalized spacial score (nSPS) is 11.4. The Hall–Kier alpha value is -2.87. The number of hydrogen-bond acceptors (Lipinski definition) is 2. The minimum absolute atomic E-state index is 0.105. The van der Waals surface area contributed by atoms with Crippen LogP contribution in [0.5, 0.6) is 0 Å². The van der Waals surface area contributed by atoms with Crippen LogP contribution in [-0.4, -0.2) is 10.1 Å². The number of rotatable bonds is 2. The lowest BCUT2D eigenvalue weighted by Crippen LogP contribution is -2.20. The van der Waals surface area contributed by atoms with Gasteiger partial charge in [-0.1, -0.05) is 18.2 Å². The van der Waals surface area contributed by atoms with Crippen molar-refractivity contribution >= 4 is 39.6 Å². The second kappa shape index (κ2) is 6.80. The SMILES string of the molecule is Cc1ccccc1NC(=S)Nc1ccc2[nH]c(=O)cc(C(F)(F)F)c2c1. The molecule has 0 aliphatic rings. The van der Waals surface area contributed by atoms with Crippen molar-refractivity contribution in [1.29, 1.82) is 0 Å². The van der Waals surface area contributed by atoms with Gasteiger partial charge in [-0.3, -0.25) is 4.79 Å². The molecule has 1 heterocycles. The van der Waals surface area contributed by atoms with Crippen molar-refractivity contribution < 1.29 is 13.2 Å². The summed E-state index contributed by atoms with van der Waals surface area (Å²) in [5.74, 6) is 0. The van der Waals surface area contributed by atoms with Crippen molar-refractivity contribution in [2.24, 2.45) is 0 Å². The number of aryl methyl sites for hydroxylation is 1. The first-order chi connectivity index (χ1) is 12.2. The minimum atomic E-state index is -4.63. The monoisotopic (exact) mass is 377 g/mol. The average molecular weight is 377 g/mol. The van der Waals surface area contributed by atoms with Crippen LogP contribution < -0.4 is 16.2 Å². The number of fused-ring (bicyclic) bond motifs is 1. The number of pyridine rings is 1. The number of para-hydroxylation sites is 1. The molecule has 0 bridgehead atoms. The highest BCUT2D eigenvalue weighted by atomic mass is 32.1. The maximum Gasteiger partial charge on any atom is 0.417 e. The largest absolute Gasteiger partial charge is 0.417 e. The van der Waals surface area contributed by atoms with Crippen molar-refractivity contribution in [3.8, 4) is 0 Å². The number of aromatic nitrogens is 1. The summed E-state index contributed by atoms with van der Waals surface area (Å²) in [6, 6.07) is 12.3. The number of nitrogens with one attached hydrogen (secondary N) is 3. The molecule has 0 spiro atoms. The fraction of sp³-hybridized carbons (Fsp3) is 0.111. The van der Waals surface area contributed by atoms with E-state index in [1.54, 1.807) is 6.07 Å². The van der Waals surface area contributed by atoms with Gasteiger partial charge in [0, 0.05) is 28.3 Å². The Morgan fingerprint density at radius 3 is 2.50 bits per heavy atom. The van der Waals surface area contributed by atoms with Gasteiger partial charge in [-0.15, -0.1) is 0 Å². The van der Waals surface area contributed by atoms with E-state index in [4.69, 9.17) is 12.2 Å². The van der Waals surface area contributed by atoms with E-state index in [1.807, 2.05) is 31.2 Å². The van der Waals surface area contributed by atoms with Gasteiger partial charge in [0.15, 0.2) is 5.11 Å². The van der Waals surface area contributed by atoms with E-state index in [0.29, 0.717) is 11.8 Å². The van der Waals surface area contributed by atoms with E-state index >= 15 is 0 Å². The van der Waals surface area contributed by atoms with Crippen molar-refractivity contribution in [3.63, 3.8) is 0 Å². The molecule has 0 aliphatic carbocycles. The maximum absolute atomic E-state index is 13.2. The first-order valence-electron chi connectivity index (χ1n) is 7.62. The summed E-state index contributed by atoms with van der Waals surface area (Å²) in [6.45, 7) is 1.91. The van der Waals surface area contributed by atoms with Gasteiger partial charge in [-0.05, 0) is 49.0 Å². The summed E-state index contributed by atoms with van der Waals surface area (Å²) < 4.78 is 39.6. The molecule has 134 valence electrons. The van der Waals surface area contributed by atoms with Gasteiger partial charge in [-0.25, -0.2) is 0 Å². The van der Waals surface area contributed by atoms with E-state index in [0.717, 1.165) is 11.3 Å². The predicted molar refractivity (Wildman–Crippen MR) is 101 cm³/mol. The molecule has 0 saturated carbocycles. The molecule has 0 unspecified atom stereocenters. The van der Waals surface area contributed by atoms with Crippen LogP contribution >= 0.6 is 12.2 Å². The van der Waals surface area contributed by atoms with Crippen LogP contribution in [0.4, 0.5) is 24.5 Å². The van der Waals surface area contributed by atoms with Gasteiger partial charge in [0.25, 0.3) is 0 Å². The third-order valence-corrected chi connectivity index (χ3v) is 4.00. The first kappa shape index (κ1) is 17.9. The van der Waals surface area contributed by atoms with Gasteiger partial charge in [0.05, 0.1) is 5.56 Å². The lowest BCUT2D eigenvalue weighted by molar-refractivity contribution is -0.136. The van der Waals surface area contributed by atoms with Gasteiger partial charge in [0.1, 0.15) is 0 Å². The number of halogens is 3. The molecule has 0 radical (unpaired) electrons. The Morgan fingerprint density at radius 2 is 1.81 bits per heavy atom. The molecule has 0 atom stereocenters. The lowest BCUT2D eigenvalue weighted by atomic mass is 10.1. The Morgan fingerprint density at radius 1 is 1.08 bits per heavy atom. The molecular weight excluding hydrogens is 363 g/mol. The summed E-state index contributed by atoms with van der Waals surface area (Å²) in [7, 11) is 0. The number of thiocarbonyl (C=S) groups is 1. The maximum atomic E-state index is 13.2. The topological polar surface area (TPSA) is 56.9 Å². The van der Waals surface area contributed by atoms with E-state index in [1.165, 1.54) is 12.1 Å². The molecule has 8 heteroatoms. The molecule has 3 rings (SSSR count). The minimum Gasteiger partial charge on any atom is -0.332 e. The number of hydrogen-bond donors (Lipinski definition) is 3. The molecule has 1 aromatic heterocycles. The zero-order chi connectivity index (χ0) is 18.9. The Balaban J connectivity index is 1.92. The number of anilines is 2. The van der Waals surface area contributed by atoms with Crippen LogP contribution in [0.1, 0.15) is 11.1 Å². The number of benzene rings is 2. The second-order valence-electron chi connectivity index (χ2n) is 5.70. The quantitative estimate of drug-likeness (QED) is 0.569. The van der Waals surface area contributed by atoms with Crippen molar-refractivity contribution in [2.75, 3.05) is 10.6 Å². The van der Waals surface area contributed by atoms with E-state index in [-0.39, 0.29) is 16.0 Å². The number of aromatic amines is 1. The zero-order valence-electron chi connectivity index (χ0n) is 13.6. The van der Waals surface area contributed by atoms with Gasteiger partial charge in [0.2, 0.25) is 5.56 Å². The smallest absolute Gasteiger partial charge is 0.332 e. The Bertz CT molecular complexity index is 1040. The lowest BCUT2D eigenvalue weighted by Gasteiger charge is -2.14.